The van der Waals surface area contributed by atoms with Gasteiger partial charge in [-0.15, -0.1) is 0 Å². The summed E-state index contributed by atoms with van der Waals surface area (Å²) in [5.74, 6) is 1.42. The number of hydrogen-bond donors (Lipinski definition) is 1. The molecule has 6 heteroatoms. The van der Waals surface area contributed by atoms with Crippen LogP contribution in [0, 0.1) is 0 Å². The van der Waals surface area contributed by atoms with Crippen LogP contribution in [0.5, 0.6) is 0 Å². The van der Waals surface area contributed by atoms with Gasteiger partial charge in [-0.3, -0.25) is 0 Å². The van der Waals surface area contributed by atoms with Crippen LogP contribution in [0.3, 0.4) is 0 Å². The van der Waals surface area contributed by atoms with Crippen molar-refractivity contribution in [3.63, 3.8) is 0 Å². The van der Waals surface area contributed by atoms with Gasteiger partial charge < -0.3 is 10.3 Å². The Balaban J connectivity index is 1.93. The number of amidine groups is 1. The van der Waals surface area contributed by atoms with E-state index >= 15 is 0 Å². The number of unbranched alkanes of at least 4 members (excludes halogenated alkanes) is 4. The molecule has 1 aliphatic carbocycles. The predicted octanol–water partition coefficient (Wildman–Crippen LogP) is 4.93. The molecular weight excluding hydrogens is 324 g/mol. The number of allylic oxidation sites excluding steroid dienone is 3. The monoisotopic (exact) mass is 350 g/mol. The lowest BCUT2D eigenvalue weighted by Gasteiger charge is -2.06. The summed E-state index contributed by atoms with van der Waals surface area (Å²) in [4.78, 5) is 4.48. The lowest BCUT2D eigenvalue weighted by molar-refractivity contribution is 0.365. The Labute approximate surface area is 149 Å². The second-order valence-corrected chi connectivity index (χ2v) is 6.79. The van der Waals surface area contributed by atoms with Gasteiger partial charge in [0.2, 0.25) is 5.89 Å². The van der Waals surface area contributed by atoms with E-state index in [2.05, 4.69) is 28.2 Å². The summed E-state index contributed by atoms with van der Waals surface area (Å²) in [6.07, 6.45) is 11.0. The smallest absolute Gasteiger partial charge is 0.240 e. The van der Waals surface area contributed by atoms with Crippen molar-refractivity contribution < 1.29 is 4.52 Å². The Morgan fingerprint density at radius 1 is 1.38 bits per heavy atom. The van der Waals surface area contributed by atoms with E-state index < -0.39 is 5.41 Å². The first-order valence-corrected chi connectivity index (χ1v) is 9.03. The molecule has 0 radical (unpaired) electrons. The summed E-state index contributed by atoms with van der Waals surface area (Å²) in [6.45, 7) is 8.32. The van der Waals surface area contributed by atoms with Crippen molar-refractivity contribution >= 4 is 23.2 Å². The van der Waals surface area contributed by atoms with Gasteiger partial charge in [-0.1, -0.05) is 56.0 Å². The van der Waals surface area contributed by atoms with Gasteiger partial charge in [0, 0.05) is 11.8 Å². The second kappa shape index (κ2) is 8.47. The summed E-state index contributed by atoms with van der Waals surface area (Å²) in [6, 6.07) is 0. The van der Waals surface area contributed by atoms with Gasteiger partial charge >= 0.3 is 0 Å². The molecule has 1 aromatic rings. The van der Waals surface area contributed by atoms with Crippen molar-refractivity contribution in [2.24, 2.45) is 10.2 Å². The van der Waals surface area contributed by atoms with Gasteiger partial charge in [0.05, 0.1) is 0 Å². The van der Waals surface area contributed by atoms with Crippen molar-refractivity contribution in [3.8, 4) is 0 Å². The lowest BCUT2D eigenvalue weighted by atomic mass is 10.0. The first-order valence-electron chi connectivity index (χ1n) is 8.69. The number of aromatic nitrogens is 2. The zero-order valence-corrected chi connectivity index (χ0v) is 15.4. The molecule has 0 aromatic carbocycles. The maximum Gasteiger partial charge on any atom is 0.240 e. The van der Waals surface area contributed by atoms with Gasteiger partial charge in [-0.2, -0.15) is 9.50 Å². The molecule has 1 aromatic heterocycles. The Bertz CT molecular complexity index is 629. The van der Waals surface area contributed by atoms with Crippen molar-refractivity contribution in [1.82, 2.24) is 10.1 Å². The molecule has 5 nitrogen and oxygen atoms in total. The first kappa shape index (κ1) is 18.7. The molecule has 0 amide bonds. The number of nitrogens with zero attached hydrogens (tertiary/aromatic N) is 3. The van der Waals surface area contributed by atoms with Gasteiger partial charge in [-0.25, -0.2) is 0 Å². The molecule has 0 spiro atoms. The molecule has 2 N–H and O–H groups in total. The fourth-order valence-corrected chi connectivity index (χ4v) is 2.92. The number of rotatable bonds is 10. The highest BCUT2D eigenvalue weighted by atomic mass is 35.5. The highest BCUT2D eigenvalue weighted by Crippen LogP contribution is 2.47. The third-order valence-electron chi connectivity index (χ3n) is 4.54. The first-order chi connectivity index (χ1) is 11.5. The number of hydrogen-bond acceptors (Lipinski definition) is 4. The third kappa shape index (κ3) is 4.47. The topological polar surface area (TPSA) is 77.3 Å². The summed E-state index contributed by atoms with van der Waals surface area (Å²) in [7, 11) is 0. The maximum atomic E-state index is 5.86. The van der Waals surface area contributed by atoms with Crippen molar-refractivity contribution in [2.45, 2.75) is 70.6 Å². The van der Waals surface area contributed by atoms with Crippen LogP contribution in [0.25, 0.3) is 5.57 Å². The minimum Gasteiger partial charge on any atom is -0.385 e. The molecule has 1 heterocycles. The molecule has 0 saturated heterocycles. The van der Waals surface area contributed by atoms with E-state index in [1.807, 2.05) is 13.0 Å². The third-order valence-corrected chi connectivity index (χ3v) is 4.72. The molecule has 1 aliphatic rings. The van der Waals surface area contributed by atoms with Gasteiger partial charge in [0.25, 0.3) is 0 Å². The molecular formula is C18H27ClN4O. The molecule has 24 heavy (non-hydrogen) atoms. The van der Waals surface area contributed by atoms with Crippen molar-refractivity contribution in [3.05, 3.63) is 29.9 Å². The Hall–Kier alpha value is -1.62. The zero-order valence-electron chi connectivity index (χ0n) is 14.6. The van der Waals surface area contributed by atoms with Gasteiger partial charge in [0.15, 0.2) is 5.82 Å². The fourth-order valence-electron chi connectivity index (χ4n) is 2.76. The van der Waals surface area contributed by atoms with Gasteiger partial charge in [-0.05, 0) is 38.2 Å². The normalized spacial score (nSPS) is 17.1. The number of nitrogens with two attached hydrogens (primary N) is 1. The molecule has 2 rings (SSSR count). The summed E-state index contributed by atoms with van der Waals surface area (Å²) < 4.78 is 8.96. The van der Waals surface area contributed by atoms with E-state index in [-0.39, 0.29) is 0 Å². The maximum absolute atomic E-state index is 5.86. The minimum absolute atomic E-state index is 0.345. The predicted molar refractivity (Wildman–Crippen MR) is 98.9 cm³/mol. The minimum atomic E-state index is -0.455. The fraction of sp³-hybridized carbons (Fsp3) is 0.611. The Morgan fingerprint density at radius 3 is 2.71 bits per heavy atom. The van der Waals surface area contributed by atoms with E-state index in [0.29, 0.717) is 17.6 Å². The van der Waals surface area contributed by atoms with Crippen LogP contribution in [0.1, 0.15) is 76.9 Å². The van der Waals surface area contributed by atoms with E-state index in [4.69, 9.17) is 22.0 Å². The van der Waals surface area contributed by atoms with E-state index in [1.165, 1.54) is 32.1 Å². The van der Waals surface area contributed by atoms with Crippen molar-refractivity contribution in [1.29, 1.82) is 0 Å². The van der Waals surface area contributed by atoms with E-state index in [1.54, 1.807) is 0 Å². The summed E-state index contributed by atoms with van der Waals surface area (Å²) >= 11 is 5.49. The average Bonchev–Trinajstić information content (AvgIpc) is 3.23. The standard InChI is InChI=1S/C18H27ClN4O/c1-4-5-6-7-8-9-13(2)12-14(3)15-21-17(24-23-15)18(10-11-18)16(20)22-19/h12H,2,4-11H2,1,3H3,(H2,20,22)/b14-12+. The zero-order chi connectivity index (χ0) is 17.6. The highest BCUT2D eigenvalue weighted by Gasteiger charge is 2.53. The largest absolute Gasteiger partial charge is 0.385 e. The molecule has 132 valence electrons. The molecule has 1 fully saturated rings. The van der Waals surface area contributed by atoms with E-state index in [9.17, 15) is 0 Å². The second-order valence-electron chi connectivity index (χ2n) is 6.62. The SMILES string of the molecule is C=C(/C=C(\C)c1noc(C2(C(N)=NCl)CC2)n1)CCCCCCC. The molecule has 0 bridgehead atoms. The van der Waals surface area contributed by atoms with Crippen LogP contribution in [0.4, 0.5) is 0 Å². The summed E-state index contributed by atoms with van der Waals surface area (Å²) in [5.41, 5.74) is 7.45. The Kier molecular flexibility index (Phi) is 6.60. The summed E-state index contributed by atoms with van der Waals surface area (Å²) in [5, 5.41) is 4.06. The van der Waals surface area contributed by atoms with Crippen LogP contribution < -0.4 is 5.73 Å². The van der Waals surface area contributed by atoms with Crippen LogP contribution in [-0.2, 0) is 5.41 Å². The van der Waals surface area contributed by atoms with Crippen LogP contribution in [0.2, 0.25) is 0 Å². The quantitative estimate of drug-likeness (QED) is 0.281. The van der Waals surface area contributed by atoms with Gasteiger partial charge in [0.1, 0.15) is 11.3 Å². The average molecular weight is 351 g/mol. The molecule has 1 saturated carbocycles. The lowest BCUT2D eigenvalue weighted by Crippen LogP contribution is -2.28. The van der Waals surface area contributed by atoms with Crippen LogP contribution in [0.15, 0.2) is 27.3 Å². The highest BCUT2D eigenvalue weighted by molar-refractivity contribution is 6.21. The van der Waals surface area contributed by atoms with Crippen LogP contribution in [-0.4, -0.2) is 16.0 Å². The Morgan fingerprint density at radius 2 is 2.08 bits per heavy atom. The number of halogens is 1. The molecule has 0 atom stereocenters. The van der Waals surface area contributed by atoms with Crippen LogP contribution >= 0.6 is 11.8 Å². The molecule has 0 aliphatic heterocycles. The van der Waals surface area contributed by atoms with Crippen molar-refractivity contribution in [2.75, 3.05) is 0 Å². The van der Waals surface area contributed by atoms with E-state index in [0.717, 1.165) is 30.4 Å². The molecule has 0 unspecified atom stereocenters.